The fraction of sp³-hybridized carbons (Fsp3) is 0.125. The van der Waals surface area contributed by atoms with E-state index in [1.165, 1.54) is 0 Å². The molecule has 2 aromatic rings. The smallest absolute Gasteiger partial charge is 0.257 e. The van der Waals surface area contributed by atoms with E-state index in [9.17, 15) is 9.59 Å². The van der Waals surface area contributed by atoms with Gasteiger partial charge >= 0.3 is 0 Å². The van der Waals surface area contributed by atoms with Gasteiger partial charge in [-0.25, -0.2) is 0 Å². The quantitative estimate of drug-likeness (QED) is 0.883. The third-order valence-corrected chi connectivity index (χ3v) is 2.80. The summed E-state index contributed by atoms with van der Waals surface area (Å²) in [5, 5.41) is 5.26. The van der Waals surface area contributed by atoms with Crippen molar-refractivity contribution < 1.29 is 14.3 Å². The molecule has 0 saturated heterocycles. The third kappa shape index (κ3) is 4.35. The highest BCUT2D eigenvalue weighted by Gasteiger charge is 2.05. The molecule has 0 bridgehead atoms. The molecule has 0 fully saturated rings. The summed E-state index contributed by atoms with van der Waals surface area (Å²) < 4.78 is 5.28. The molecule has 21 heavy (non-hydrogen) atoms. The summed E-state index contributed by atoms with van der Waals surface area (Å²) in [6.07, 6.45) is 0. The number of carbonyl (C=O) groups excluding carboxylic acids is 2. The van der Waals surface area contributed by atoms with Gasteiger partial charge in [0.15, 0.2) is 6.61 Å². The average Bonchev–Trinajstić information content (AvgIpc) is 2.54. The molecule has 2 rings (SSSR count). The highest BCUT2D eigenvalue weighted by atomic mass is 16.5. The van der Waals surface area contributed by atoms with Crippen LogP contribution >= 0.6 is 0 Å². The van der Waals surface area contributed by atoms with Crippen LogP contribution in [0.4, 0.5) is 5.69 Å². The fourth-order valence-electron chi connectivity index (χ4n) is 1.65. The number of hydrogen-bond donors (Lipinski definition) is 2. The first-order valence-corrected chi connectivity index (χ1v) is 6.49. The normalized spacial score (nSPS) is 9.76. The summed E-state index contributed by atoms with van der Waals surface area (Å²) in [7, 11) is 1.55. The van der Waals surface area contributed by atoms with Crippen molar-refractivity contribution in [1.82, 2.24) is 5.32 Å². The van der Waals surface area contributed by atoms with Gasteiger partial charge in [0.1, 0.15) is 5.75 Å². The third-order valence-electron chi connectivity index (χ3n) is 2.80. The second-order valence-electron chi connectivity index (χ2n) is 4.31. The van der Waals surface area contributed by atoms with Crippen molar-refractivity contribution in [2.24, 2.45) is 0 Å². The standard InChI is InChI=1S/C16H16N2O3/c1-17-15(19)11-21-14-9-7-13(8-10-14)18-16(20)12-5-3-2-4-6-12/h2-10H,11H2,1H3,(H,17,19)(H,18,20). The minimum atomic E-state index is -0.198. The predicted octanol–water partition coefficient (Wildman–Crippen LogP) is 2.06. The van der Waals surface area contributed by atoms with Gasteiger partial charge in [0.2, 0.25) is 0 Å². The van der Waals surface area contributed by atoms with Crippen LogP contribution in [0.25, 0.3) is 0 Å². The van der Waals surface area contributed by atoms with E-state index in [1.54, 1.807) is 43.4 Å². The van der Waals surface area contributed by atoms with Crippen LogP contribution in [-0.4, -0.2) is 25.5 Å². The van der Waals surface area contributed by atoms with E-state index in [0.717, 1.165) is 0 Å². The molecule has 5 nitrogen and oxygen atoms in total. The van der Waals surface area contributed by atoms with Crippen molar-refractivity contribution >= 4 is 17.5 Å². The van der Waals surface area contributed by atoms with Crippen molar-refractivity contribution in [3.05, 3.63) is 60.2 Å². The Bertz CT molecular complexity index is 609. The molecule has 2 amide bonds. The molecule has 5 heteroatoms. The first-order chi connectivity index (χ1) is 10.2. The maximum Gasteiger partial charge on any atom is 0.257 e. The van der Waals surface area contributed by atoms with E-state index in [-0.39, 0.29) is 18.4 Å². The molecule has 0 aromatic heterocycles. The van der Waals surface area contributed by atoms with E-state index < -0.39 is 0 Å². The lowest BCUT2D eigenvalue weighted by molar-refractivity contribution is -0.122. The molecular formula is C16H16N2O3. The minimum Gasteiger partial charge on any atom is -0.484 e. The number of nitrogens with one attached hydrogen (secondary N) is 2. The zero-order chi connectivity index (χ0) is 15.1. The van der Waals surface area contributed by atoms with E-state index in [0.29, 0.717) is 17.0 Å². The zero-order valence-corrected chi connectivity index (χ0v) is 11.6. The SMILES string of the molecule is CNC(=O)COc1ccc(NC(=O)c2ccccc2)cc1. The highest BCUT2D eigenvalue weighted by Crippen LogP contribution is 2.16. The van der Waals surface area contributed by atoms with E-state index in [2.05, 4.69) is 10.6 Å². The molecule has 2 aromatic carbocycles. The summed E-state index contributed by atoms with van der Waals surface area (Å²) in [5.41, 5.74) is 1.26. The fourth-order valence-corrected chi connectivity index (χ4v) is 1.65. The molecular weight excluding hydrogens is 268 g/mol. The summed E-state index contributed by atoms with van der Waals surface area (Å²) >= 11 is 0. The highest BCUT2D eigenvalue weighted by molar-refractivity contribution is 6.04. The number of hydrogen-bond acceptors (Lipinski definition) is 3. The van der Waals surface area contributed by atoms with Crippen molar-refractivity contribution in [2.45, 2.75) is 0 Å². The molecule has 0 aliphatic rings. The van der Waals surface area contributed by atoms with Crippen LogP contribution in [0, 0.1) is 0 Å². The molecule has 0 aliphatic heterocycles. The Balaban J connectivity index is 1.93. The lowest BCUT2D eigenvalue weighted by atomic mass is 10.2. The van der Waals surface area contributed by atoms with Gasteiger partial charge in [0.25, 0.3) is 11.8 Å². The van der Waals surface area contributed by atoms with Gasteiger partial charge in [0.05, 0.1) is 0 Å². The second-order valence-corrected chi connectivity index (χ2v) is 4.31. The van der Waals surface area contributed by atoms with E-state index in [4.69, 9.17) is 4.74 Å². The predicted molar refractivity (Wildman–Crippen MR) is 80.4 cm³/mol. The molecule has 0 heterocycles. The summed E-state index contributed by atoms with van der Waals surface area (Å²) in [4.78, 5) is 23.0. The number of carbonyl (C=O) groups is 2. The van der Waals surface area contributed by atoms with Crippen molar-refractivity contribution in [2.75, 3.05) is 19.0 Å². The molecule has 0 atom stereocenters. The Morgan fingerprint density at radius 1 is 1.00 bits per heavy atom. The Morgan fingerprint density at radius 2 is 1.67 bits per heavy atom. The van der Waals surface area contributed by atoms with Crippen molar-refractivity contribution in [3.8, 4) is 5.75 Å². The van der Waals surface area contributed by atoms with Gasteiger partial charge in [-0.3, -0.25) is 9.59 Å². The lowest BCUT2D eigenvalue weighted by Gasteiger charge is -2.08. The summed E-state index contributed by atoms with van der Waals surface area (Å²) in [6.45, 7) is -0.0355. The number of likely N-dealkylation sites (N-methyl/N-ethyl adjacent to an activating group) is 1. The number of rotatable bonds is 5. The Labute approximate surface area is 122 Å². The monoisotopic (exact) mass is 284 g/mol. The van der Waals surface area contributed by atoms with Crippen LogP contribution < -0.4 is 15.4 Å². The van der Waals surface area contributed by atoms with Crippen LogP contribution in [0.2, 0.25) is 0 Å². The summed E-state index contributed by atoms with van der Waals surface area (Å²) in [6, 6.07) is 15.8. The number of amides is 2. The Kier molecular flexibility index (Phi) is 4.93. The second kappa shape index (κ2) is 7.09. The largest absolute Gasteiger partial charge is 0.484 e. The number of anilines is 1. The summed E-state index contributed by atoms with van der Waals surface area (Å²) in [5.74, 6) is 0.197. The van der Waals surface area contributed by atoms with E-state index in [1.807, 2.05) is 18.2 Å². The van der Waals surface area contributed by atoms with Crippen LogP contribution in [0.5, 0.6) is 5.75 Å². The van der Waals surface area contributed by atoms with Gasteiger partial charge in [-0.05, 0) is 36.4 Å². The average molecular weight is 284 g/mol. The molecule has 0 unspecified atom stereocenters. The topological polar surface area (TPSA) is 67.4 Å². The Morgan fingerprint density at radius 3 is 2.29 bits per heavy atom. The Hall–Kier alpha value is -2.82. The molecule has 0 aliphatic carbocycles. The van der Waals surface area contributed by atoms with Crippen LogP contribution in [0.3, 0.4) is 0 Å². The van der Waals surface area contributed by atoms with Crippen molar-refractivity contribution in [3.63, 3.8) is 0 Å². The maximum atomic E-state index is 12.0. The molecule has 2 N–H and O–H groups in total. The number of ether oxygens (including phenoxy) is 1. The molecule has 0 saturated carbocycles. The van der Waals surface area contributed by atoms with Crippen molar-refractivity contribution in [1.29, 1.82) is 0 Å². The maximum absolute atomic E-state index is 12.0. The molecule has 108 valence electrons. The van der Waals surface area contributed by atoms with Crippen LogP contribution in [-0.2, 0) is 4.79 Å². The molecule has 0 spiro atoms. The van der Waals surface area contributed by atoms with E-state index >= 15 is 0 Å². The zero-order valence-electron chi connectivity index (χ0n) is 11.6. The first-order valence-electron chi connectivity index (χ1n) is 6.49. The van der Waals surface area contributed by atoms with Crippen LogP contribution in [0.15, 0.2) is 54.6 Å². The van der Waals surface area contributed by atoms with Gasteiger partial charge in [-0.1, -0.05) is 18.2 Å². The van der Waals surface area contributed by atoms with Gasteiger partial charge in [-0.15, -0.1) is 0 Å². The lowest BCUT2D eigenvalue weighted by Crippen LogP contribution is -2.24. The van der Waals surface area contributed by atoms with Gasteiger partial charge in [0, 0.05) is 18.3 Å². The van der Waals surface area contributed by atoms with Gasteiger partial charge < -0.3 is 15.4 Å². The molecule has 0 radical (unpaired) electrons. The van der Waals surface area contributed by atoms with Gasteiger partial charge in [-0.2, -0.15) is 0 Å². The van der Waals surface area contributed by atoms with Crippen LogP contribution in [0.1, 0.15) is 10.4 Å². The number of benzene rings is 2. The first kappa shape index (κ1) is 14.6. The minimum absolute atomic E-state index is 0.0355.